The summed E-state index contributed by atoms with van der Waals surface area (Å²) in [6.07, 6.45) is 4.14. The number of likely N-dealkylation sites (N-methyl/N-ethyl adjacent to an activating group) is 1. The van der Waals surface area contributed by atoms with E-state index in [1.807, 2.05) is 11.9 Å². The third-order valence-electron chi connectivity index (χ3n) is 3.20. The molecule has 1 aliphatic rings. The van der Waals surface area contributed by atoms with Crippen LogP contribution in [0.4, 0.5) is 4.39 Å². The van der Waals surface area contributed by atoms with Crippen LogP contribution < -0.4 is 0 Å². The SMILES string of the molecule is CN(Cc1cncc(F)c1)CC1(O)CCOCC1. The zero-order valence-electron chi connectivity index (χ0n) is 10.6. The summed E-state index contributed by atoms with van der Waals surface area (Å²) in [5.41, 5.74) is 0.126. The minimum absolute atomic E-state index is 0.328. The minimum atomic E-state index is -0.687. The molecule has 1 aliphatic heterocycles. The molecule has 2 heterocycles. The molecule has 0 bridgehead atoms. The van der Waals surface area contributed by atoms with Crippen LogP contribution in [0.15, 0.2) is 18.5 Å². The third kappa shape index (κ3) is 3.73. The first-order valence-corrected chi connectivity index (χ1v) is 6.15. The second-order valence-corrected chi connectivity index (χ2v) is 5.02. The molecular formula is C13H19FN2O2. The monoisotopic (exact) mass is 254 g/mol. The van der Waals surface area contributed by atoms with E-state index in [-0.39, 0.29) is 5.82 Å². The van der Waals surface area contributed by atoms with Gasteiger partial charge in [0.1, 0.15) is 5.82 Å². The minimum Gasteiger partial charge on any atom is -0.388 e. The van der Waals surface area contributed by atoms with Gasteiger partial charge in [0.15, 0.2) is 0 Å². The van der Waals surface area contributed by atoms with Gasteiger partial charge in [-0.3, -0.25) is 9.88 Å². The molecule has 1 saturated heterocycles. The Morgan fingerprint density at radius 1 is 1.44 bits per heavy atom. The molecule has 1 fully saturated rings. The summed E-state index contributed by atoms with van der Waals surface area (Å²) in [5, 5.41) is 10.4. The van der Waals surface area contributed by atoms with Gasteiger partial charge in [0.25, 0.3) is 0 Å². The summed E-state index contributed by atoms with van der Waals surface area (Å²) in [4.78, 5) is 5.81. The Morgan fingerprint density at radius 3 is 2.83 bits per heavy atom. The van der Waals surface area contributed by atoms with E-state index < -0.39 is 5.60 Å². The quantitative estimate of drug-likeness (QED) is 0.877. The maximum atomic E-state index is 13.0. The van der Waals surface area contributed by atoms with Crippen LogP contribution in [0.1, 0.15) is 18.4 Å². The Labute approximate surface area is 106 Å². The van der Waals surface area contributed by atoms with Crippen molar-refractivity contribution in [2.45, 2.75) is 25.0 Å². The van der Waals surface area contributed by atoms with Crippen molar-refractivity contribution < 1.29 is 14.2 Å². The van der Waals surface area contributed by atoms with Crippen molar-refractivity contribution in [2.24, 2.45) is 0 Å². The van der Waals surface area contributed by atoms with Gasteiger partial charge < -0.3 is 9.84 Å². The number of ether oxygens (including phenoxy) is 1. The van der Waals surface area contributed by atoms with Crippen molar-refractivity contribution in [1.29, 1.82) is 0 Å². The first-order chi connectivity index (χ1) is 8.57. The van der Waals surface area contributed by atoms with Gasteiger partial charge in [-0.2, -0.15) is 0 Å². The van der Waals surface area contributed by atoms with Gasteiger partial charge in [0, 0.05) is 45.3 Å². The van der Waals surface area contributed by atoms with Gasteiger partial charge in [-0.25, -0.2) is 4.39 Å². The molecule has 0 unspecified atom stereocenters. The van der Waals surface area contributed by atoms with Crippen molar-refractivity contribution in [2.75, 3.05) is 26.8 Å². The second kappa shape index (κ2) is 5.73. The van der Waals surface area contributed by atoms with Crippen LogP contribution in [-0.4, -0.2) is 47.4 Å². The van der Waals surface area contributed by atoms with E-state index in [4.69, 9.17) is 4.74 Å². The zero-order chi connectivity index (χ0) is 13.0. The first kappa shape index (κ1) is 13.4. The number of rotatable bonds is 4. The van der Waals surface area contributed by atoms with E-state index >= 15 is 0 Å². The van der Waals surface area contributed by atoms with Crippen molar-refractivity contribution >= 4 is 0 Å². The van der Waals surface area contributed by atoms with Crippen LogP contribution in [-0.2, 0) is 11.3 Å². The Kier molecular flexibility index (Phi) is 4.27. The molecule has 0 aliphatic carbocycles. The predicted octanol–water partition coefficient (Wildman–Crippen LogP) is 1.19. The number of aromatic nitrogens is 1. The van der Waals surface area contributed by atoms with Crippen LogP contribution in [0, 0.1) is 5.82 Å². The molecule has 1 aromatic heterocycles. The molecule has 0 amide bonds. The van der Waals surface area contributed by atoms with Gasteiger partial charge in [-0.15, -0.1) is 0 Å². The van der Waals surface area contributed by atoms with Gasteiger partial charge in [-0.1, -0.05) is 0 Å². The highest BCUT2D eigenvalue weighted by atomic mass is 19.1. The fourth-order valence-corrected chi connectivity index (χ4v) is 2.32. The standard InChI is InChI=1S/C13H19FN2O2/c1-16(9-11-6-12(14)8-15-7-11)10-13(17)2-4-18-5-3-13/h6-8,17H,2-5,9-10H2,1H3. The maximum Gasteiger partial charge on any atom is 0.141 e. The van der Waals surface area contributed by atoms with Gasteiger partial charge in [-0.05, 0) is 18.7 Å². The van der Waals surface area contributed by atoms with Crippen LogP contribution >= 0.6 is 0 Å². The summed E-state index contributed by atoms with van der Waals surface area (Å²) < 4.78 is 18.2. The van der Waals surface area contributed by atoms with Crippen LogP contribution in [0.2, 0.25) is 0 Å². The number of hydrogen-bond acceptors (Lipinski definition) is 4. The molecule has 0 aromatic carbocycles. The number of halogens is 1. The molecule has 4 nitrogen and oxygen atoms in total. The van der Waals surface area contributed by atoms with Gasteiger partial charge in [0.2, 0.25) is 0 Å². The van der Waals surface area contributed by atoms with E-state index in [0.717, 1.165) is 5.56 Å². The highest BCUT2D eigenvalue weighted by Gasteiger charge is 2.30. The Morgan fingerprint density at radius 2 is 2.17 bits per heavy atom. The Balaban J connectivity index is 1.90. The maximum absolute atomic E-state index is 13.0. The Hall–Kier alpha value is -1.04. The fraction of sp³-hybridized carbons (Fsp3) is 0.615. The topological polar surface area (TPSA) is 45.6 Å². The molecule has 1 aromatic rings. The molecule has 0 atom stereocenters. The molecule has 5 heteroatoms. The summed E-state index contributed by atoms with van der Waals surface area (Å²) in [5.74, 6) is -0.328. The highest BCUT2D eigenvalue weighted by molar-refractivity contribution is 5.10. The summed E-state index contributed by atoms with van der Waals surface area (Å²) in [7, 11) is 1.92. The third-order valence-corrected chi connectivity index (χ3v) is 3.20. The van der Waals surface area contributed by atoms with E-state index in [1.54, 1.807) is 6.20 Å². The number of hydrogen-bond donors (Lipinski definition) is 1. The van der Waals surface area contributed by atoms with Gasteiger partial charge in [0.05, 0.1) is 11.8 Å². The lowest BCUT2D eigenvalue weighted by atomic mass is 9.94. The molecule has 1 N–H and O–H groups in total. The zero-order valence-corrected chi connectivity index (χ0v) is 10.6. The molecule has 100 valence electrons. The molecule has 18 heavy (non-hydrogen) atoms. The molecule has 0 saturated carbocycles. The van der Waals surface area contributed by atoms with Crippen molar-refractivity contribution in [3.63, 3.8) is 0 Å². The number of aliphatic hydroxyl groups is 1. The largest absolute Gasteiger partial charge is 0.388 e. The highest BCUT2D eigenvalue weighted by Crippen LogP contribution is 2.21. The lowest BCUT2D eigenvalue weighted by Gasteiger charge is -2.35. The van der Waals surface area contributed by atoms with Crippen molar-refractivity contribution in [3.8, 4) is 0 Å². The average Bonchev–Trinajstić information content (AvgIpc) is 2.28. The number of nitrogens with zero attached hydrogens (tertiary/aromatic N) is 2. The summed E-state index contributed by atoms with van der Waals surface area (Å²) in [6, 6.07) is 1.47. The first-order valence-electron chi connectivity index (χ1n) is 6.15. The van der Waals surface area contributed by atoms with E-state index in [0.29, 0.717) is 39.1 Å². The van der Waals surface area contributed by atoms with Crippen molar-refractivity contribution in [1.82, 2.24) is 9.88 Å². The van der Waals surface area contributed by atoms with Crippen LogP contribution in [0.5, 0.6) is 0 Å². The van der Waals surface area contributed by atoms with E-state index in [2.05, 4.69) is 4.98 Å². The average molecular weight is 254 g/mol. The molecular weight excluding hydrogens is 235 g/mol. The lowest BCUT2D eigenvalue weighted by Crippen LogP contribution is -2.45. The molecule has 0 spiro atoms. The van der Waals surface area contributed by atoms with E-state index in [1.165, 1.54) is 12.3 Å². The van der Waals surface area contributed by atoms with Crippen LogP contribution in [0.25, 0.3) is 0 Å². The second-order valence-electron chi connectivity index (χ2n) is 5.02. The predicted molar refractivity (Wildman–Crippen MR) is 65.5 cm³/mol. The van der Waals surface area contributed by atoms with Gasteiger partial charge >= 0.3 is 0 Å². The fourth-order valence-electron chi connectivity index (χ4n) is 2.32. The number of pyridine rings is 1. The normalized spacial score (nSPS) is 19.1. The lowest BCUT2D eigenvalue weighted by molar-refractivity contribution is -0.0777. The molecule has 0 radical (unpaired) electrons. The summed E-state index contributed by atoms with van der Waals surface area (Å²) in [6.45, 7) is 2.35. The molecule has 2 rings (SSSR count). The Bertz CT molecular complexity index is 394. The van der Waals surface area contributed by atoms with Crippen LogP contribution in [0.3, 0.4) is 0 Å². The smallest absolute Gasteiger partial charge is 0.141 e. The van der Waals surface area contributed by atoms with E-state index in [9.17, 15) is 9.50 Å². The van der Waals surface area contributed by atoms with Crippen molar-refractivity contribution in [3.05, 3.63) is 29.8 Å². The summed E-state index contributed by atoms with van der Waals surface area (Å²) >= 11 is 0.